The van der Waals surface area contributed by atoms with Gasteiger partial charge in [-0.1, -0.05) is 45.1 Å². The van der Waals surface area contributed by atoms with E-state index in [1.165, 1.54) is 32.1 Å². The number of methoxy groups -OCH3 is 1. The second-order valence-electron chi connectivity index (χ2n) is 5.70. The molecule has 0 radical (unpaired) electrons. The summed E-state index contributed by atoms with van der Waals surface area (Å²) < 4.78 is 10.6. The van der Waals surface area contributed by atoms with E-state index >= 15 is 0 Å². The Kier molecular flexibility index (Phi) is 15.7. The minimum absolute atomic E-state index is 0. The van der Waals surface area contributed by atoms with Gasteiger partial charge in [0, 0.05) is 25.4 Å². The lowest BCUT2D eigenvalue weighted by atomic mass is 10.1. The summed E-state index contributed by atoms with van der Waals surface area (Å²) in [5.74, 6) is 1.05. The van der Waals surface area contributed by atoms with Gasteiger partial charge in [-0.2, -0.15) is 0 Å². The van der Waals surface area contributed by atoms with Crippen LogP contribution in [0.1, 0.15) is 51.0 Å². The number of aliphatic imine (C=N–C) groups is 1. The molecular formula is C18H33IN4O2. The molecule has 0 saturated heterocycles. The number of ether oxygens (including phenoxy) is 2. The van der Waals surface area contributed by atoms with E-state index in [4.69, 9.17) is 15.2 Å². The highest BCUT2D eigenvalue weighted by Gasteiger charge is 2.04. The number of hydrogen-bond acceptors (Lipinski definition) is 4. The maximum absolute atomic E-state index is 5.91. The van der Waals surface area contributed by atoms with E-state index in [1.54, 1.807) is 13.3 Å². The lowest BCUT2D eigenvalue weighted by molar-refractivity contribution is 0.143. The summed E-state index contributed by atoms with van der Waals surface area (Å²) in [7, 11) is 1.64. The number of nitrogens with zero attached hydrogens (tertiary/aromatic N) is 2. The van der Waals surface area contributed by atoms with Gasteiger partial charge in [-0.25, -0.2) is 9.98 Å². The van der Waals surface area contributed by atoms with Gasteiger partial charge in [-0.15, -0.1) is 24.0 Å². The van der Waals surface area contributed by atoms with E-state index in [0.717, 1.165) is 18.5 Å². The normalized spacial score (nSPS) is 11.0. The van der Waals surface area contributed by atoms with Gasteiger partial charge in [-0.3, -0.25) is 0 Å². The maximum atomic E-state index is 5.91. The lowest BCUT2D eigenvalue weighted by Crippen LogP contribution is -2.32. The van der Waals surface area contributed by atoms with E-state index in [9.17, 15) is 0 Å². The molecule has 6 nitrogen and oxygen atoms in total. The third kappa shape index (κ3) is 12.0. The number of halogens is 1. The number of hydrogen-bond donors (Lipinski definition) is 2. The molecule has 0 aliphatic heterocycles. The van der Waals surface area contributed by atoms with Crippen LogP contribution in [0.5, 0.6) is 5.88 Å². The van der Waals surface area contributed by atoms with Crippen LogP contribution in [0.3, 0.4) is 0 Å². The summed E-state index contributed by atoms with van der Waals surface area (Å²) in [5, 5.41) is 3.16. The van der Waals surface area contributed by atoms with Gasteiger partial charge in [0.1, 0.15) is 6.61 Å². The molecule has 7 heteroatoms. The van der Waals surface area contributed by atoms with Crippen LogP contribution < -0.4 is 15.8 Å². The van der Waals surface area contributed by atoms with Crippen molar-refractivity contribution < 1.29 is 9.47 Å². The van der Waals surface area contributed by atoms with E-state index in [2.05, 4.69) is 22.2 Å². The molecule has 3 N–H and O–H groups in total. The monoisotopic (exact) mass is 464 g/mol. The van der Waals surface area contributed by atoms with E-state index < -0.39 is 0 Å². The Balaban J connectivity index is 0.00000576. The molecule has 0 aromatic carbocycles. The molecule has 144 valence electrons. The average molecular weight is 464 g/mol. The van der Waals surface area contributed by atoms with Crippen molar-refractivity contribution in [3.8, 4) is 5.88 Å². The van der Waals surface area contributed by atoms with Crippen molar-refractivity contribution in [1.82, 2.24) is 10.3 Å². The minimum Gasteiger partial charge on any atom is -0.475 e. The number of pyridine rings is 1. The molecular weight excluding hydrogens is 431 g/mol. The number of aromatic nitrogens is 1. The highest BCUT2D eigenvalue weighted by Crippen LogP contribution is 2.15. The van der Waals surface area contributed by atoms with Crippen LogP contribution in [-0.2, 0) is 11.3 Å². The molecule has 1 heterocycles. The van der Waals surface area contributed by atoms with Crippen molar-refractivity contribution in [2.45, 2.75) is 52.0 Å². The highest BCUT2D eigenvalue weighted by molar-refractivity contribution is 14.0. The summed E-state index contributed by atoms with van der Waals surface area (Å²) in [6.45, 7) is 4.55. The molecule has 1 aromatic rings. The van der Waals surface area contributed by atoms with Crippen molar-refractivity contribution in [3.63, 3.8) is 0 Å². The number of nitrogens with one attached hydrogen (secondary N) is 1. The molecule has 1 rings (SSSR count). The fourth-order valence-corrected chi connectivity index (χ4v) is 2.24. The topological polar surface area (TPSA) is 81.8 Å². The van der Waals surface area contributed by atoms with Crippen LogP contribution in [0.15, 0.2) is 23.3 Å². The summed E-state index contributed by atoms with van der Waals surface area (Å²) in [4.78, 5) is 8.59. The summed E-state index contributed by atoms with van der Waals surface area (Å²) >= 11 is 0. The summed E-state index contributed by atoms with van der Waals surface area (Å²) in [6.07, 6.45) is 9.30. The third-order valence-electron chi connectivity index (χ3n) is 3.63. The second-order valence-corrected chi connectivity index (χ2v) is 5.70. The van der Waals surface area contributed by atoms with Crippen LogP contribution in [0.2, 0.25) is 0 Å². The Bertz CT molecular complexity index is 472. The summed E-state index contributed by atoms with van der Waals surface area (Å²) in [5.41, 5.74) is 6.83. The number of nitrogens with two attached hydrogens (primary N) is 1. The zero-order chi connectivity index (χ0) is 17.5. The van der Waals surface area contributed by atoms with Gasteiger partial charge in [0.05, 0.1) is 13.2 Å². The fraction of sp³-hybridized carbons (Fsp3) is 0.667. The molecule has 0 saturated carbocycles. The zero-order valence-corrected chi connectivity index (χ0v) is 17.8. The maximum Gasteiger partial charge on any atom is 0.218 e. The Morgan fingerprint density at radius 3 is 2.72 bits per heavy atom. The Morgan fingerprint density at radius 2 is 1.96 bits per heavy atom. The first kappa shape index (κ1) is 23.9. The predicted molar refractivity (Wildman–Crippen MR) is 114 cm³/mol. The van der Waals surface area contributed by atoms with Gasteiger partial charge < -0.3 is 20.5 Å². The first-order valence-corrected chi connectivity index (χ1v) is 8.87. The minimum atomic E-state index is 0. The van der Waals surface area contributed by atoms with Crippen molar-refractivity contribution >= 4 is 29.9 Å². The molecule has 0 atom stereocenters. The van der Waals surface area contributed by atoms with Crippen LogP contribution >= 0.6 is 24.0 Å². The first-order valence-electron chi connectivity index (χ1n) is 8.87. The molecule has 0 bridgehead atoms. The average Bonchev–Trinajstić information content (AvgIpc) is 2.60. The van der Waals surface area contributed by atoms with E-state index in [-0.39, 0.29) is 24.0 Å². The van der Waals surface area contributed by atoms with E-state index in [0.29, 0.717) is 31.6 Å². The van der Waals surface area contributed by atoms with Crippen LogP contribution in [-0.4, -0.2) is 37.8 Å². The Morgan fingerprint density at radius 1 is 1.20 bits per heavy atom. The van der Waals surface area contributed by atoms with Crippen molar-refractivity contribution in [3.05, 3.63) is 23.9 Å². The molecule has 0 spiro atoms. The van der Waals surface area contributed by atoms with Gasteiger partial charge >= 0.3 is 0 Å². The summed E-state index contributed by atoms with van der Waals surface area (Å²) in [6, 6.07) is 3.81. The standard InChI is InChI=1S/C18H32N4O2.HI/c1-3-4-5-6-7-8-11-21-18(19)22-15-16-10-9-12-20-17(16)24-14-13-23-2;/h9-10,12H,3-8,11,13-15H2,1-2H3,(H3,19,21,22);1H. The van der Waals surface area contributed by atoms with Gasteiger partial charge in [0.2, 0.25) is 5.88 Å². The fourth-order valence-electron chi connectivity index (χ4n) is 2.24. The Hall–Kier alpha value is -1.09. The lowest BCUT2D eigenvalue weighted by Gasteiger charge is -2.09. The molecule has 0 fully saturated rings. The molecule has 0 aliphatic rings. The number of guanidine groups is 1. The number of rotatable bonds is 13. The molecule has 25 heavy (non-hydrogen) atoms. The van der Waals surface area contributed by atoms with Gasteiger partial charge in [-0.05, 0) is 12.5 Å². The third-order valence-corrected chi connectivity index (χ3v) is 3.63. The van der Waals surface area contributed by atoms with Gasteiger partial charge in [0.15, 0.2) is 5.96 Å². The molecule has 0 aliphatic carbocycles. The second kappa shape index (κ2) is 16.4. The van der Waals surface area contributed by atoms with Crippen molar-refractivity contribution in [2.24, 2.45) is 10.7 Å². The highest BCUT2D eigenvalue weighted by atomic mass is 127. The molecule has 1 aromatic heterocycles. The largest absolute Gasteiger partial charge is 0.475 e. The zero-order valence-electron chi connectivity index (χ0n) is 15.5. The van der Waals surface area contributed by atoms with E-state index in [1.807, 2.05) is 12.1 Å². The predicted octanol–water partition coefficient (Wildman–Crippen LogP) is 3.49. The number of unbranched alkanes of at least 4 members (excludes halogenated alkanes) is 5. The van der Waals surface area contributed by atoms with Crippen LogP contribution in [0.25, 0.3) is 0 Å². The quantitative estimate of drug-likeness (QED) is 0.202. The van der Waals surface area contributed by atoms with Crippen LogP contribution in [0.4, 0.5) is 0 Å². The molecule has 0 amide bonds. The first-order chi connectivity index (χ1) is 11.8. The Labute approximate surface area is 169 Å². The van der Waals surface area contributed by atoms with Crippen molar-refractivity contribution in [1.29, 1.82) is 0 Å². The van der Waals surface area contributed by atoms with Crippen LogP contribution in [0, 0.1) is 0 Å². The van der Waals surface area contributed by atoms with Crippen molar-refractivity contribution in [2.75, 3.05) is 26.9 Å². The SMILES string of the molecule is CCCCCCCCNC(N)=NCc1cccnc1OCCOC.I. The smallest absolute Gasteiger partial charge is 0.218 e. The van der Waals surface area contributed by atoms with Gasteiger partial charge in [0.25, 0.3) is 0 Å². The molecule has 0 unspecified atom stereocenters.